The van der Waals surface area contributed by atoms with E-state index in [4.69, 9.17) is 4.74 Å². The second-order valence-corrected chi connectivity index (χ2v) is 20.1. The summed E-state index contributed by atoms with van der Waals surface area (Å²) in [4.78, 5) is 28.0. The van der Waals surface area contributed by atoms with E-state index in [0.29, 0.717) is 35.2 Å². The Balaban J connectivity index is 1.15. The number of ether oxygens (including phenoxy) is 1. The first-order chi connectivity index (χ1) is 24.4. The minimum absolute atomic E-state index is 0.00762. The number of carboxylic acid groups (broad SMARTS) is 1. The molecule has 7 nitrogen and oxygen atoms in total. The fourth-order valence-electron chi connectivity index (χ4n) is 14.2. The van der Waals surface area contributed by atoms with Crippen LogP contribution in [0.15, 0.2) is 42.5 Å². The third-order valence-corrected chi connectivity index (χ3v) is 16.6. The van der Waals surface area contributed by atoms with Crippen LogP contribution in [-0.2, 0) is 4.74 Å². The highest BCUT2D eigenvalue weighted by molar-refractivity contribution is 5.88. The molecule has 3 N–H and O–H groups in total. The molecule has 1 saturated heterocycles. The van der Waals surface area contributed by atoms with E-state index in [1.165, 1.54) is 36.8 Å². The molecule has 0 aromatic heterocycles. The minimum Gasteiger partial charge on any atom is -0.478 e. The Bertz CT molecular complexity index is 1610. The van der Waals surface area contributed by atoms with Crippen LogP contribution in [-0.4, -0.2) is 65.9 Å². The Hall–Kier alpha value is -2.64. The van der Waals surface area contributed by atoms with Crippen LogP contribution >= 0.6 is 0 Å². The fraction of sp³-hybridized carbons (Fsp3) is 0.733. The molecule has 6 aliphatic rings. The summed E-state index contributed by atoms with van der Waals surface area (Å²) < 4.78 is 5.57. The topological polar surface area (TPSA) is 90.9 Å². The Morgan fingerprint density at radius 1 is 0.923 bits per heavy atom. The van der Waals surface area contributed by atoms with Crippen molar-refractivity contribution >= 4 is 17.6 Å². The van der Waals surface area contributed by atoms with Crippen molar-refractivity contribution in [3.63, 3.8) is 0 Å². The molecule has 1 aliphatic heterocycles. The number of morpholine rings is 1. The van der Waals surface area contributed by atoms with Crippen molar-refractivity contribution < 1.29 is 19.4 Å². The number of carbonyl (C=O) groups excluding carboxylic acids is 1. The molecular formula is C45H67N3O4. The maximum atomic E-state index is 14.0. The van der Waals surface area contributed by atoms with E-state index in [1.807, 2.05) is 12.1 Å². The van der Waals surface area contributed by atoms with Crippen LogP contribution < -0.4 is 10.6 Å². The second-order valence-electron chi connectivity index (χ2n) is 20.1. The number of urea groups is 1. The number of aromatic carboxylic acids is 1. The van der Waals surface area contributed by atoms with E-state index in [1.54, 1.807) is 12.1 Å². The number of nitrogens with zero attached hydrogens (tertiary/aromatic N) is 1. The van der Waals surface area contributed by atoms with Gasteiger partial charge in [0.1, 0.15) is 0 Å². The van der Waals surface area contributed by atoms with Crippen LogP contribution in [0.25, 0.3) is 5.57 Å². The van der Waals surface area contributed by atoms with E-state index >= 15 is 0 Å². The number of hydrogen-bond donors (Lipinski definition) is 3. The van der Waals surface area contributed by atoms with Gasteiger partial charge in [-0.05, 0) is 153 Å². The van der Waals surface area contributed by atoms with Gasteiger partial charge in [-0.25, -0.2) is 9.59 Å². The van der Waals surface area contributed by atoms with Gasteiger partial charge in [0.2, 0.25) is 0 Å². The molecule has 9 unspecified atom stereocenters. The number of benzene rings is 1. The van der Waals surface area contributed by atoms with Crippen LogP contribution in [0.2, 0.25) is 0 Å². The molecule has 5 fully saturated rings. The van der Waals surface area contributed by atoms with Crippen LogP contribution in [0.3, 0.4) is 0 Å². The van der Waals surface area contributed by atoms with E-state index < -0.39 is 5.97 Å². The first-order valence-corrected chi connectivity index (χ1v) is 20.5. The summed E-state index contributed by atoms with van der Waals surface area (Å²) in [6.45, 7) is 28.1. The van der Waals surface area contributed by atoms with Crippen molar-refractivity contribution in [3.8, 4) is 0 Å². The number of allylic oxidation sites excluding steroid dienone is 3. The minimum atomic E-state index is -0.874. The normalized spacial score (nSPS) is 39.9. The number of fused-ring (bicyclic) bond motifs is 7. The highest BCUT2D eigenvalue weighted by Crippen LogP contribution is 2.76. The largest absolute Gasteiger partial charge is 0.478 e. The molecule has 286 valence electrons. The van der Waals surface area contributed by atoms with Gasteiger partial charge in [-0.2, -0.15) is 0 Å². The summed E-state index contributed by atoms with van der Waals surface area (Å²) in [6, 6.07) is 7.56. The van der Waals surface area contributed by atoms with Crippen molar-refractivity contribution in [3.05, 3.63) is 53.6 Å². The predicted octanol–water partition coefficient (Wildman–Crippen LogP) is 9.20. The molecule has 7 rings (SSSR count). The summed E-state index contributed by atoms with van der Waals surface area (Å²) in [5, 5.41) is 16.6. The van der Waals surface area contributed by atoms with Crippen molar-refractivity contribution in [2.24, 2.45) is 51.2 Å². The number of nitrogens with one attached hydrogen (secondary N) is 2. The van der Waals surface area contributed by atoms with Gasteiger partial charge in [-0.15, -0.1) is 0 Å². The zero-order valence-corrected chi connectivity index (χ0v) is 33.5. The van der Waals surface area contributed by atoms with Crippen LogP contribution in [0, 0.1) is 51.2 Å². The van der Waals surface area contributed by atoms with Crippen molar-refractivity contribution in [2.45, 2.75) is 124 Å². The number of hydrogen-bond acceptors (Lipinski definition) is 4. The second kappa shape index (κ2) is 13.0. The lowest BCUT2D eigenvalue weighted by Crippen LogP contribution is -2.69. The third kappa shape index (κ3) is 5.90. The molecule has 2 amide bonds. The molecule has 0 spiro atoms. The third-order valence-electron chi connectivity index (χ3n) is 16.6. The summed E-state index contributed by atoms with van der Waals surface area (Å²) in [5.74, 6) is 1.69. The zero-order valence-electron chi connectivity index (χ0n) is 33.5. The molecule has 4 saturated carbocycles. The van der Waals surface area contributed by atoms with E-state index in [2.05, 4.69) is 83.6 Å². The molecule has 5 aliphatic carbocycles. The lowest BCUT2D eigenvalue weighted by molar-refractivity contribution is -0.218. The molecule has 9 atom stereocenters. The Morgan fingerprint density at radius 2 is 1.62 bits per heavy atom. The average Bonchev–Trinajstić information content (AvgIpc) is 3.44. The summed E-state index contributed by atoms with van der Waals surface area (Å²) >= 11 is 0. The van der Waals surface area contributed by atoms with Crippen LogP contribution in [0.5, 0.6) is 0 Å². The maximum absolute atomic E-state index is 14.0. The van der Waals surface area contributed by atoms with Gasteiger partial charge in [0, 0.05) is 30.7 Å². The Labute approximate surface area is 313 Å². The smallest absolute Gasteiger partial charge is 0.335 e. The molecule has 7 heteroatoms. The average molecular weight is 714 g/mol. The van der Waals surface area contributed by atoms with E-state index in [9.17, 15) is 14.7 Å². The van der Waals surface area contributed by atoms with Gasteiger partial charge in [0.05, 0.1) is 18.8 Å². The highest BCUT2D eigenvalue weighted by atomic mass is 16.5. The number of rotatable bonds is 7. The zero-order chi connectivity index (χ0) is 37.5. The molecule has 0 bridgehead atoms. The molecule has 0 radical (unpaired) electrons. The van der Waals surface area contributed by atoms with Gasteiger partial charge < -0.3 is 20.5 Å². The lowest BCUT2D eigenvalue weighted by Gasteiger charge is -2.72. The summed E-state index contributed by atoms with van der Waals surface area (Å²) in [7, 11) is 0. The molecule has 52 heavy (non-hydrogen) atoms. The lowest BCUT2D eigenvalue weighted by atomic mass is 9.33. The van der Waals surface area contributed by atoms with Crippen molar-refractivity contribution in [1.82, 2.24) is 15.5 Å². The number of carbonyl (C=O) groups is 2. The Kier molecular flexibility index (Phi) is 9.41. The van der Waals surface area contributed by atoms with Crippen LogP contribution in [0.1, 0.15) is 129 Å². The van der Waals surface area contributed by atoms with Gasteiger partial charge in [-0.1, -0.05) is 65.0 Å². The predicted molar refractivity (Wildman–Crippen MR) is 209 cm³/mol. The van der Waals surface area contributed by atoms with Gasteiger partial charge >= 0.3 is 12.0 Å². The van der Waals surface area contributed by atoms with E-state index in [0.717, 1.165) is 70.5 Å². The first kappa shape index (κ1) is 37.7. The van der Waals surface area contributed by atoms with Gasteiger partial charge in [0.25, 0.3) is 0 Å². The Morgan fingerprint density at radius 3 is 2.27 bits per heavy atom. The number of amides is 2. The van der Waals surface area contributed by atoms with Crippen LogP contribution in [0.4, 0.5) is 4.79 Å². The molecular weight excluding hydrogens is 647 g/mol. The maximum Gasteiger partial charge on any atom is 0.335 e. The summed E-state index contributed by atoms with van der Waals surface area (Å²) in [5.41, 5.74) is 4.22. The standard InChI is InChI=1S/C45H67N3O4/c1-29(2)32-16-21-45(47-39(51)46-40(3,4)28-48-24-26-52-27-25-48)23-22-43(8)34(37(32)45)14-15-36-42(7)19-17-33(30-10-12-31(13-11-30)38(49)50)41(5,6)35(42)18-20-44(36,43)9/h10-13,17,32,34-37H,1,14-16,18-28H2,2-9H3,(H,49,50)(H2,46,47,51). The number of carboxylic acids is 1. The van der Waals surface area contributed by atoms with Gasteiger partial charge in [0.15, 0.2) is 0 Å². The van der Waals surface area contributed by atoms with Crippen molar-refractivity contribution in [2.75, 3.05) is 32.8 Å². The fourth-order valence-corrected chi connectivity index (χ4v) is 14.2. The quantitative estimate of drug-likeness (QED) is 0.245. The molecule has 1 heterocycles. The SMILES string of the molecule is C=C(C)C1CCC2(NC(=O)NC(C)(C)CN3CCOCC3)CCC3(C)C(CCC4C5(C)CC=C(c6ccc(C(=O)O)cc6)C(C)(C)C5CCC43C)C12. The van der Waals surface area contributed by atoms with E-state index in [-0.39, 0.29) is 38.8 Å². The summed E-state index contributed by atoms with van der Waals surface area (Å²) in [6.07, 6.45) is 12.8. The molecule has 1 aromatic rings. The molecule has 1 aromatic carbocycles. The van der Waals surface area contributed by atoms with Crippen molar-refractivity contribution in [1.29, 1.82) is 0 Å². The highest BCUT2D eigenvalue weighted by Gasteiger charge is 2.70. The monoisotopic (exact) mass is 714 g/mol. The van der Waals surface area contributed by atoms with Gasteiger partial charge in [-0.3, -0.25) is 4.90 Å². The first-order valence-electron chi connectivity index (χ1n) is 20.5.